The van der Waals surface area contributed by atoms with Gasteiger partial charge in [-0.3, -0.25) is 4.79 Å². The smallest absolute Gasteiger partial charge is 0.278 e. The van der Waals surface area contributed by atoms with Crippen LogP contribution in [0.1, 0.15) is 29.3 Å². The van der Waals surface area contributed by atoms with E-state index in [1.165, 1.54) is 17.9 Å². The highest BCUT2D eigenvalue weighted by molar-refractivity contribution is 6.00. The highest BCUT2D eigenvalue weighted by atomic mass is 19.3. The van der Waals surface area contributed by atoms with E-state index in [0.717, 1.165) is 0 Å². The molecule has 0 bridgehead atoms. The number of amides is 1. The minimum absolute atomic E-state index is 0.0885. The molecule has 5 nitrogen and oxygen atoms in total. The summed E-state index contributed by atoms with van der Waals surface area (Å²) in [5.41, 5.74) is -0.0722. The predicted molar refractivity (Wildman–Crippen MR) is 78.2 cm³/mol. The van der Waals surface area contributed by atoms with Gasteiger partial charge in [0.25, 0.3) is 11.8 Å². The minimum Gasteiger partial charge on any atom is -0.490 e. The molecule has 2 aliphatic heterocycles. The number of hydrogen-bond acceptors (Lipinski definition) is 4. The van der Waals surface area contributed by atoms with E-state index in [2.05, 4.69) is 0 Å². The first-order chi connectivity index (χ1) is 11.2. The SMILES string of the molecule is Cc1cc2c(c(OCC(C)(F)F)c1F)C(=O)N1C[C@@H](O)C[C@@H]1CO2. The van der Waals surface area contributed by atoms with E-state index in [1.807, 2.05) is 0 Å². The Balaban J connectivity index is 2.04. The third-order valence-corrected chi connectivity index (χ3v) is 4.13. The maximum atomic E-state index is 14.4. The molecule has 1 amide bonds. The molecule has 1 fully saturated rings. The molecule has 3 rings (SSSR count). The third kappa shape index (κ3) is 3.02. The van der Waals surface area contributed by atoms with Gasteiger partial charge in [-0.2, -0.15) is 0 Å². The summed E-state index contributed by atoms with van der Waals surface area (Å²) in [6.07, 6.45) is -0.339. The van der Waals surface area contributed by atoms with E-state index < -0.39 is 36.1 Å². The number of halogens is 3. The van der Waals surface area contributed by atoms with Gasteiger partial charge in [0.05, 0.1) is 12.1 Å². The van der Waals surface area contributed by atoms with Crippen LogP contribution in [0.15, 0.2) is 6.07 Å². The summed E-state index contributed by atoms with van der Waals surface area (Å²) in [7, 11) is 0. The number of alkyl halides is 2. The van der Waals surface area contributed by atoms with Gasteiger partial charge in [0.15, 0.2) is 18.2 Å². The first-order valence-corrected chi connectivity index (χ1v) is 7.63. The lowest BCUT2D eigenvalue weighted by Crippen LogP contribution is -2.37. The topological polar surface area (TPSA) is 59.0 Å². The van der Waals surface area contributed by atoms with Gasteiger partial charge in [-0.1, -0.05) is 0 Å². The number of aliphatic hydroxyl groups is 1. The van der Waals surface area contributed by atoms with Crippen LogP contribution < -0.4 is 9.47 Å². The largest absolute Gasteiger partial charge is 0.490 e. The Morgan fingerprint density at radius 3 is 2.88 bits per heavy atom. The molecule has 0 aromatic heterocycles. The molecule has 1 saturated heterocycles. The summed E-state index contributed by atoms with van der Waals surface area (Å²) in [5.74, 6) is -5.05. The van der Waals surface area contributed by atoms with E-state index >= 15 is 0 Å². The van der Waals surface area contributed by atoms with Crippen LogP contribution in [0.2, 0.25) is 0 Å². The van der Waals surface area contributed by atoms with Crippen LogP contribution in [-0.2, 0) is 0 Å². The Labute approximate surface area is 137 Å². The highest BCUT2D eigenvalue weighted by Crippen LogP contribution is 2.39. The number of carbonyl (C=O) groups is 1. The number of rotatable bonds is 3. The molecule has 0 aliphatic carbocycles. The second-order valence-electron chi connectivity index (χ2n) is 6.38. The summed E-state index contributed by atoms with van der Waals surface area (Å²) in [6.45, 7) is 1.26. The van der Waals surface area contributed by atoms with Crippen LogP contribution in [-0.4, -0.2) is 53.7 Å². The third-order valence-electron chi connectivity index (χ3n) is 4.13. The van der Waals surface area contributed by atoms with Crippen molar-refractivity contribution in [2.75, 3.05) is 19.8 Å². The Morgan fingerprint density at radius 1 is 1.50 bits per heavy atom. The van der Waals surface area contributed by atoms with Crippen molar-refractivity contribution in [1.82, 2.24) is 4.90 Å². The molecule has 132 valence electrons. The molecule has 0 unspecified atom stereocenters. The van der Waals surface area contributed by atoms with Crippen LogP contribution in [0, 0.1) is 12.7 Å². The van der Waals surface area contributed by atoms with Gasteiger partial charge in [-0.05, 0) is 25.0 Å². The molecule has 0 radical (unpaired) electrons. The van der Waals surface area contributed by atoms with Crippen LogP contribution in [0.25, 0.3) is 0 Å². The zero-order chi connectivity index (χ0) is 17.6. The van der Waals surface area contributed by atoms with Crippen LogP contribution in [0.4, 0.5) is 13.2 Å². The van der Waals surface area contributed by atoms with E-state index in [9.17, 15) is 23.1 Å². The number of nitrogens with zero attached hydrogens (tertiary/aromatic N) is 1. The predicted octanol–water partition coefficient (Wildman–Crippen LogP) is 2.14. The van der Waals surface area contributed by atoms with Gasteiger partial charge >= 0.3 is 0 Å². The van der Waals surface area contributed by atoms with Crippen LogP contribution in [0.3, 0.4) is 0 Å². The van der Waals surface area contributed by atoms with E-state index in [-0.39, 0.29) is 36.1 Å². The van der Waals surface area contributed by atoms with Crippen molar-refractivity contribution >= 4 is 5.91 Å². The van der Waals surface area contributed by atoms with Gasteiger partial charge in [0.1, 0.15) is 17.9 Å². The van der Waals surface area contributed by atoms with Crippen molar-refractivity contribution in [3.05, 3.63) is 23.0 Å². The highest BCUT2D eigenvalue weighted by Gasteiger charge is 2.41. The summed E-state index contributed by atoms with van der Waals surface area (Å²) in [6, 6.07) is 1.02. The number of ether oxygens (including phenoxy) is 2. The first kappa shape index (κ1) is 16.9. The van der Waals surface area contributed by atoms with Crippen molar-refractivity contribution in [2.24, 2.45) is 0 Å². The molecule has 8 heteroatoms. The fourth-order valence-electron chi connectivity index (χ4n) is 3.01. The number of benzene rings is 1. The Hall–Kier alpha value is -1.96. The van der Waals surface area contributed by atoms with E-state index in [1.54, 1.807) is 0 Å². The lowest BCUT2D eigenvalue weighted by Gasteiger charge is -2.22. The van der Waals surface area contributed by atoms with Crippen molar-refractivity contribution < 1.29 is 32.5 Å². The van der Waals surface area contributed by atoms with Gasteiger partial charge in [-0.25, -0.2) is 13.2 Å². The summed E-state index contributed by atoms with van der Waals surface area (Å²) < 4.78 is 51.2. The van der Waals surface area contributed by atoms with Crippen molar-refractivity contribution in [2.45, 2.75) is 38.3 Å². The summed E-state index contributed by atoms with van der Waals surface area (Å²) in [4.78, 5) is 14.2. The maximum Gasteiger partial charge on any atom is 0.278 e. The quantitative estimate of drug-likeness (QED) is 0.912. The molecule has 1 aromatic rings. The van der Waals surface area contributed by atoms with Crippen molar-refractivity contribution in [3.63, 3.8) is 0 Å². The lowest BCUT2D eigenvalue weighted by molar-refractivity contribution is -0.0243. The Kier molecular flexibility index (Phi) is 4.11. The number of hydrogen-bond donors (Lipinski definition) is 1. The first-order valence-electron chi connectivity index (χ1n) is 7.63. The maximum absolute atomic E-state index is 14.4. The number of aryl methyl sites for hydroxylation is 1. The average molecular weight is 345 g/mol. The minimum atomic E-state index is -3.18. The number of carbonyl (C=O) groups excluding carboxylic acids is 1. The fourth-order valence-corrected chi connectivity index (χ4v) is 3.01. The lowest BCUT2D eigenvalue weighted by atomic mass is 10.1. The van der Waals surface area contributed by atoms with Gasteiger partial charge in [-0.15, -0.1) is 0 Å². The standard InChI is InChI=1S/C16H18F3NO4/c1-8-3-11-12(14(13(8)17)24-7-16(2,18)19)15(22)20-5-10(21)4-9(20)6-23-11/h3,9-10,21H,4-7H2,1-2H3/t9-,10+/m1/s1. The second kappa shape index (κ2) is 5.84. The van der Waals surface area contributed by atoms with Gasteiger partial charge in [0, 0.05) is 13.5 Å². The Bertz CT molecular complexity index is 674. The summed E-state index contributed by atoms with van der Waals surface area (Å²) in [5, 5.41) is 9.74. The monoisotopic (exact) mass is 345 g/mol. The molecule has 0 saturated carbocycles. The van der Waals surface area contributed by atoms with E-state index in [0.29, 0.717) is 13.3 Å². The molecule has 2 heterocycles. The van der Waals surface area contributed by atoms with E-state index in [4.69, 9.17) is 9.47 Å². The Morgan fingerprint density at radius 2 is 2.21 bits per heavy atom. The normalized spacial score (nSPS) is 23.4. The molecule has 1 N–H and O–H groups in total. The zero-order valence-electron chi connectivity index (χ0n) is 13.3. The molecule has 0 spiro atoms. The average Bonchev–Trinajstić information content (AvgIpc) is 2.80. The molecule has 24 heavy (non-hydrogen) atoms. The second-order valence-corrected chi connectivity index (χ2v) is 6.38. The summed E-state index contributed by atoms with van der Waals surface area (Å²) >= 11 is 0. The zero-order valence-corrected chi connectivity index (χ0v) is 13.3. The molecule has 2 atom stereocenters. The van der Waals surface area contributed by atoms with Crippen molar-refractivity contribution in [3.8, 4) is 11.5 Å². The number of aliphatic hydroxyl groups excluding tert-OH is 1. The molecule has 1 aromatic carbocycles. The van der Waals surface area contributed by atoms with Crippen LogP contribution >= 0.6 is 0 Å². The van der Waals surface area contributed by atoms with Crippen LogP contribution in [0.5, 0.6) is 11.5 Å². The van der Waals surface area contributed by atoms with Gasteiger partial charge < -0.3 is 19.5 Å². The van der Waals surface area contributed by atoms with Gasteiger partial charge in [0.2, 0.25) is 0 Å². The fraction of sp³-hybridized carbons (Fsp3) is 0.562. The van der Waals surface area contributed by atoms with Crippen molar-refractivity contribution in [1.29, 1.82) is 0 Å². The molecular weight excluding hydrogens is 327 g/mol. The number of fused-ring (bicyclic) bond motifs is 2. The molecular formula is C16H18F3NO4. The molecule has 2 aliphatic rings.